The van der Waals surface area contributed by atoms with Crippen molar-refractivity contribution in [1.82, 2.24) is 20.2 Å². The van der Waals surface area contributed by atoms with Crippen LogP contribution in [0.5, 0.6) is 0 Å². The van der Waals surface area contributed by atoms with Crippen molar-refractivity contribution in [1.29, 1.82) is 0 Å². The van der Waals surface area contributed by atoms with Crippen molar-refractivity contribution in [3.63, 3.8) is 0 Å². The summed E-state index contributed by atoms with van der Waals surface area (Å²) in [6.45, 7) is 1.99. The summed E-state index contributed by atoms with van der Waals surface area (Å²) in [6, 6.07) is 14.3. The molecule has 0 aliphatic carbocycles. The quantitative estimate of drug-likeness (QED) is 0.497. The number of benzene rings is 2. The van der Waals surface area contributed by atoms with Gasteiger partial charge in [-0.2, -0.15) is 0 Å². The number of fused-ring (bicyclic) bond motifs is 1. The summed E-state index contributed by atoms with van der Waals surface area (Å²) in [7, 11) is 0. The fourth-order valence-electron chi connectivity index (χ4n) is 5.38. The van der Waals surface area contributed by atoms with Crippen molar-refractivity contribution in [3.05, 3.63) is 69.2 Å². The van der Waals surface area contributed by atoms with Gasteiger partial charge >= 0.3 is 12.1 Å². The summed E-state index contributed by atoms with van der Waals surface area (Å²) in [5, 5.41) is 4.65. The van der Waals surface area contributed by atoms with E-state index in [9.17, 15) is 14.4 Å². The molecule has 4 amide bonds. The molecule has 2 aromatic carbocycles. The first-order valence-corrected chi connectivity index (χ1v) is 13.9. The van der Waals surface area contributed by atoms with E-state index in [1.165, 1.54) is 5.56 Å². The summed E-state index contributed by atoms with van der Waals surface area (Å²) < 4.78 is 0.979. The summed E-state index contributed by atoms with van der Waals surface area (Å²) in [4.78, 5) is 47.7. The van der Waals surface area contributed by atoms with Gasteiger partial charge in [0.2, 0.25) is 0 Å². The molecule has 8 nitrogen and oxygen atoms in total. The predicted molar refractivity (Wildman–Crippen MR) is 143 cm³/mol. The number of hydrogen-bond donors (Lipinski definition) is 1. The number of carbonyl (C=O) groups excluding carboxylic acids is 3. The van der Waals surface area contributed by atoms with Gasteiger partial charge in [0.25, 0.3) is 5.91 Å². The van der Waals surface area contributed by atoms with Crippen LogP contribution in [0.15, 0.2) is 53.0 Å². The molecule has 37 heavy (non-hydrogen) atoms. The lowest BCUT2D eigenvalue weighted by Gasteiger charge is -2.35. The fourth-order valence-corrected chi connectivity index (χ4v) is 5.77. The Balaban J connectivity index is 1.14. The van der Waals surface area contributed by atoms with E-state index in [1.807, 2.05) is 48.5 Å². The third-order valence-corrected chi connectivity index (χ3v) is 8.29. The van der Waals surface area contributed by atoms with Crippen LogP contribution in [0.1, 0.15) is 30.4 Å². The molecule has 0 saturated carbocycles. The normalized spacial score (nSPS) is 22.4. The minimum absolute atomic E-state index is 0.212. The number of hydrogen-bond acceptors (Lipinski definition) is 5. The van der Waals surface area contributed by atoms with Gasteiger partial charge in [0.15, 0.2) is 0 Å². The number of nitrogens with one attached hydrogen (secondary N) is 1. The molecule has 2 unspecified atom stereocenters. The predicted octanol–water partition coefficient (Wildman–Crippen LogP) is 4.65. The fraction of sp³-hybridized carbons (Fsp3) is 0.444. The molecule has 3 saturated heterocycles. The van der Waals surface area contributed by atoms with Gasteiger partial charge in [0, 0.05) is 35.7 Å². The highest BCUT2D eigenvalue weighted by Gasteiger charge is 2.52. The third-order valence-electron chi connectivity index (χ3n) is 7.51. The Hall–Kier alpha value is -2.62. The molecule has 1 N–H and O–H groups in total. The molecule has 3 fully saturated rings. The number of piperidine rings is 1. The van der Waals surface area contributed by atoms with Gasteiger partial charge < -0.3 is 20.0 Å². The maximum atomic E-state index is 13.2. The van der Waals surface area contributed by atoms with Crippen molar-refractivity contribution in [2.24, 2.45) is 5.92 Å². The van der Waals surface area contributed by atoms with Crippen LogP contribution in [0.3, 0.4) is 0 Å². The van der Waals surface area contributed by atoms with Crippen molar-refractivity contribution in [3.8, 4) is 0 Å². The van der Waals surface area contributed by atoms with Crippen LogP contribution in [0, 0.1) is 5.92 Å². The highest BCUT2D eigenvalue weighted by atomic mass is 79.9. The number of urea groups is 1. The second-order valence-corrected chi connectivity index (χ2v) is 11.3. The number of amides is 4. The number of rotatable bonds is 6. The van der Waals surface area contributed by atoms with Crippen LogP contribution in [-0.4, -0.2) is 71.2 Å². The van der Waals surface area contributed by atoms with Crippen LogP contribution >= 0.6 is 27.5 Å². The van der Waals surface area contributed by atoms with Gasteiger partial charge in [-0.1, -0.05) is 56.9 Å². The van der Waals surface area contributed by atoms with Gasteiger partial charge in [-0.05, 0) is 73.4 Å². The van der Waals surface area contributed by atoms with Crippen LogP contribution in [-0.2, 0) is 22.5 Å². The Morgan fingerprint density at radius 3 is 2.38 bits per heavy atom. The Morgan fingerprint density at radius 1 is 1.00 bits per heavy atom. The lowest BCUT2D eigenvalue weighted by atomic mass is 9.91. The van der Waals surface area contributed by atoms with Crippen LogP contribution < -0.4 is 5.32 Å². The molecule has 2 aromatic rings. The Kier molecular flexibility index (Phi) is 8.02. The molecule has 0 bridgehead atoms. The van der Waals surface area contributed by atoms with Gasteiger partial charge in [0.05, 0.1) is 6.04 Å². The first-order valence-electron chi connectivity index (χ1n) is 12.7. The highest BCUT2D eigenvalue weighted by molar-refractivity contribution is 9.10. The monoisotopic (exact) mass is 588 g/mol. The number of imide groups is 1. The summed E-state index contributed by atoms with van der Waals surface area (Å²) in [6.07, 6.45) is 3.68. The second-order valence-electron chi connectivity index (χ2n) is 9.93. The average Bonchev–Trinajstić information content (AvgIpc) is 3.15. The number of carbonyl (C=O) groups is 3. The zero-order valence-corrected chi connectivity index (χ0v) is 22.8. The zero-order valence-electron chi connectivity index (χ0n) is 20.4. The first kappa shape index (κ1) is 26.0. The first-order chi connectivity index (χ1) is 17.9. The molecule has 196 valence electrons. The van der Waals surface area contributed by atoms with Gasteiger partial charge in [-0.25, -0.2) is 9.59 Å². The maximum absolute atomic E-state index is 13.2. The van der Waals surface area contributed by atoms with Crippen molar-refractivity contribution >= 4 is 45.6 Å². The Bertz CT molecular complexity index is 1140. The van der Waals surface area contributed by atoms with E-state index < -0.39 is 24.1 Å². The van der Waals surface area contributed by atoms with E-state index in [2.05, 4.69) is 21.2 Å². The van der Waals surface area contributed by atoms with E-state index in [1.54, 1.807) is 9.80 Å². The smallest absolute Gasteiger partial charge is 0.312 e. The number of hydroxylamine groups is 2. The molecule has 3 aliphatic heterocycles. The van der Waals surface area contributed by atoms with E-state index in [0.29, 0.717) is 43.6 Å². The number of aryl methyl sites for hydroxylation is 1. The summed E-state index contributed by atoms with van der Waals surface area (Å²) in [5.74, 6) is 0.0124. The molecule has 0 aromatic heterocycles. The molecule has 0 spiro atoms. The van der Waals surface area contributed by atoms with E-state index in [-0.39, 0.29) is 6.04 Å². The van der Waals surface area contributed by atoms with Crippen LogP contribution in [0.4, 0.5) is 9.59 Å². The minimum Gasteiger partial charge on any atom is -0.312 e. The van der Waals surface area contributed by atoms with E-state index >= 15 is 0 Å². The van der Waals surface area contributed by atoms with Crippen molar-refractivity contribution in [2.75, 3.05) is 26.2 Å². The summed E-state index contributed by atoms with van der Waals surface area (Å²) in [5.41, 5.74) is 2.31. The van der Waals surface area contributed by atoms with Gasteiger partial charge in [0.1, 0.15) is 6.04 Å². The number of likely N-dealkylation sites (tertiary alicyclic amines) is 1. The molecule has 3 heterocycles. The van der Waals surface area contributed by atoms with Gasteiger partial charge in [-0.15, -0.1) is 0 Å². The average molecular weight is 590 g/mol. The largest absolute Gasteiger partial charge is 0.434 e. The minimum atomic E-state index is -0.673. The molecule has 3 aliphatic rings. The maximum Gasteiger partial charge on any atom is 0.434 e. The zero-order chi connectivity index (χ0) is 25.9. The molecular formula is C27H30BrClN4O4. The number of piperazine rings is 1. The highest BCUT2D eigenvalue weighted by Crippen LogP contribution is 2.27. The molecule has 5 rings (SSSR count). The van der Waals surface area contributed by atoms with Crippen molar-refractivity contribution < 1.29 is 19.2 Å². The second kappa shape index (κ2) is 11.4. The summed E-state index contributed by atoms with van der Waals surface area (Å²) >= 11 is 9.40. The molecular weight excluding hydrogens is 560 g/mol. The topological polar surface area (TPSA) is 82.2 Å². The van der Waals surface area contributed by atoms with Crippen LogP contribution in [0.2, 0.25) is 5.02 Å². The number of nitrogens with zero attached hydrogens (tertiary/aromatic N) is 3. The van der Waals surface area contributed by atoms with E-state index in [0.717, 1.165) is 40.7 Å². The SMILES string of the molecule is O=C(ON1C(=O)C2CNCC(Cc3ccc(Br)cc3)N2C1=O)N1CCC(CCc2ccc(Cl)cc2)CC1. The standard InChI is InChI=1S/C27H30BrClN4O4/c28-21-7-3-20(4-8-21)15-23-16-30-17-24-25(34)33(26(35)32(23)24)37-27(36)31-13-11-19(12-14-31)2-1-18-5-9-22(29)10-6-18/h3-10,19,23-24,30H,1-2,11-17H2. The third kappa shape index (κ3) is 5.94. The van der Waals surface area contributed by atoms with Crippen molar-refractivity contribution in [2.45, 2.75) is 44.2 Å². The molecule has 2 atom stereocenters. The lowest BCUT2D eigenvalue weighted by molar-refractivity contribution is -0.152. The Labute approximate surface area is 229 Å². The molecule has 10 heteroatoms. The lowest BCUT2D eigenvalue weighted by Crippen LogP contribution is -2.57. The van der Waals surface area contributed by atoms with E-state index in [4.69, 9.17) is 16.4 Å². The number of halogens is 2. The van der Waals surface area contributed by atoms with Gasteiger partial charge in [-0.3, -0.25) is 4.79 Å². The van der Waals surface area contributed by atoms with Crippen LogP contribution in [0.25, 0.3) is 0 Å². The molecule has 0 radical (unpaired) electrons. The Morgan fingerprint density at radius 2 is 1.68 bits per heavy atom.